The van der Waals surface area contributed by atoms with E-state index in [9.17, 15) is 0 Å². The minimum absolute atomic E-state index is 0.809. The van der Waals surface area contributed by atoms with E-state index in [1.165, 1.54) is 122 Å². The van der Waals surface area contributed by atoms with Gasteiger partial charge in [-0.15, -0.1) is 0 Å². The highest BCUT2D eigenvalue weighted by molar-refractivity contribution is 4.92. The Morgan fingerprint density at radius 2 is 0.967 bits per heavy atom. The summed E-state index contributed by atoms with van der Waals surface area (Å²) in [7, 11) is 4.56. The Balaban J connectivity index is 3.47. The van der Waals surface area contributed by atoms with Gasteiger partial charge in [0.2, 0.25) is 0 Å². The zero-order valence-corrected chi connectivity index (χ0v) is 21.5. The zero-order valence-electron chi connectivity index (χ0n) is 21.5. The van der Waals surface area contributed by atoms with Gasteiger partial charge in [-0.25, -0.2) is 0 Å². The summed E-state index contributed by atoms with van der Waals surface area (Å²) >= 11 is 0. The van der Waals surface area contributed by atoms with Gasteiger partial charge in [0.15, 0.2) is 0 Å². The first-order chi connectivity index (χ1) is 14.7. The lowest BCUT2D eigenvalue weighted by Crippen LogP contribution is -2.27. The predicted molar refractivity (Wildman–Crippen MR) is 139 cm³/mol. The second kappa shape index (κ2) is 24.7. The fourth-order valence-corrected chi connectivity index (χ4v) is 4.20. The van der Waals surface area contributed by atoms with Crippen LogP contribution in [0.2, 0.25) is 0 Å². The molecule has 0 aromatic rings. The van der Waals surface area contributed by atoms with Crippen LogP contribution in [0.15, 0.2) is 24.3 Å². The average Bonchev–Trinajstić information content (AvgIpc) is 2.74. The topological polar surface area (TPSA) is 3.24 Å². The Kier molecular flexibility index (Phi) is 24.2. The molecular formula is C29H57N. The van der Waals surface area contributed by atoms with Crippen LogP contribution in [-0.2, 0) is 0 Å². The summed E-state index contributed by atoms with van der Waals surface area (Å²) in [4.78, 5) is 2.48. The quantitative estimate of drug-likeness (QED) is 0.118. The Hall–Kier alpha value is -0.560. The van der Waals surface area contributed by atoms with Gasteiger partial charge in [0.05, 0.1) is 0 Å². The summed E-state index contributed by atoms with van der Waals surface area (Å²) in [5.41, 5.74) is 0. The van der Waals surface area contributed by atoms with Crippen molar-refractivity contribution in [2.24, 2.45) is 0 Å². The largest absolute Gasteiger partial charge is 0.306 e. The van der Waals surface area contributed by atoms with Crippen molar-refractivity contribution in [3.05, 3.63) is 24.3 Å². The molecule has 1 heteroatoms. The highest BCUT2D eigenvalue weighted by atomic mass is 15.1. The summed E-state index contributed by atoms with van der Waals surface area (Å²) in [5.74, 6) is 0. The van der Waals surface area contributed by atoms with Crippen molar-refractivity contribution in [2.75, 3.05) is 14.1 Å². The molecular weight excluding hydrogens is 362 g/mol. The molecule has 178 valence electrons. The molecule has 0 rings (SSSR count). The highest BCUT2D eigenvalue weighted by Gasteiger charge is 2.10. The second-order valence-corrected chi connectivity index (χ2v) is 9.55. The van der Waals surface area contributed by atoms with Gasteiger partial charge in [0.1, 0.15) is 0 Å². The van der Waals surface area contributed by atoms with E-state index in [1.54, 1.807) is 0 Å². The van der Waals surface area contributed by atoms with Crippen LogP contribution < -0.4 is 0 Å². The molecule has 30 heavy (non-hydrogen) atoms. The second-order valence-electron chi connectivity index (χ2n) is 9.55. The van der Waals surface area contributed by atoms with Gasteiger partial charge < -0.3 is 4.90 Å². The number of allylic oxidation sites excluding steroid dienone is 4. The van der Waals surface area contributed by atoms with E-state index >= 15 is 0 Å². The van der Waals surface area contributed by atoms with Crippen LogP contribution in [-0.4, -0.2) is 25.0 Å². The number of hydrogen-bond acceptors (Lipinski definition) is 1. The van der Waals surface area contributed by atoms with E-state index in [-0.39, 0.29) is 0 Å². The van der Waals surface area contributed by atoms with Crippen LogP contribution in [0.1, 0.15) is 142 Å². The van der Waals surface area contributed by atoms with E-state index in [0.29, 0.717) is 0 Å². The third kappa shape index (κ3) is 22.1. The van der Waals surface area contributed by atoms with Crippen molar-refractivity contribution in [1.29, 1.82) is 0 Å². The molecule has 1 nitrogen and oxygen atoms in total. The first kappa shape index (κ1) is 29.4. The van der Waals surface area contributed by atoms with Gasteiger partial charge in [0, 0.05) is 6.04 Å². The van der Waals surface area contributed by atoms with E-state index in [1.807, 2.05) is 0 Å². The Morgan fingerprint density at radius 1 is 0.500 bits per heavy atom. The van der Waals surface area contributed by atoms with Crippen LogP contribution in [0.25, 0.3) is 0 Å². The maximum Gasteiger partial charge on any atom is 0.00891 e. The number of nitrogens with zero attached hydrogens (tertiary/aromatic N) is 1. The van der Waals surface area contributed by atoms with Gasteiger partial charge in [0.25, 0.3) is 0 Å². The highest BCUT2D eigenvalue weighted by Crippen LogP contribution is 2.17. The number of rotatable bonds is 23. The van der Waals surface area contributed by atoms with Crippen molar-refractivity contribution in [1.82, 2.24) is 4.90 Å². The third-order valence-corrected chi connectivity index (χ3v) is 6.34. The lowest BCUT2D eigenvalue weighted by molar-refractivity contribution is 0.251. The lowest BCUT2D eigenvalue weighted by atomic mass is 9.99. The summed E-state index contributed by atoms with van der Waals surface area (Å²) in [6.45, 7) is 4.54. The van der Waals surface area contributed by atoms with E-state index < -0.39 is 0 Å². The molecule has 0 amide bonds. The molecule has 1 atom stereocenters. The SMILES string of the molecule is CCCC=CCC=CCCCCCCCCCC(CCCCCCCCC)N(C)C. The van der Waals surface area contributed by atoms with Crippen molar-refractivity contribution in [3.8, 4) is 0 Å². The van der Waals surface area contributed by atoms with Crippen LogP contribution in [0, 0.1) is 0 Å². The van der Waals surface area contributed by atoms with Crippen LogP contribution >= 0.6 is 0 Å². The first-order valence-corrected chi connectivity index (χ1v) is 13.7. The molecule has 0 aliphatic heterocycles. The molecule has 0 aromatic heterocycles. The van der Waals surface area contributed by atoms with Gasteiger partial charge in [-0.05, 0) is 52.6 Å². The van der Waals surface area contributed by atoms with Crippen LogP contribution in [0.5, 0.6) is 0 Å². The molecule has 0 fully saturated rings. The average molecular weight is 420 g/mol. The molecule has 0 N–H and O–H groups in total. The molecule has 0 aliphatic carbocycles. The van der Waals surface area contributed by atoms with Crippen molar-refractivity contribution in [2.45, 2.75) is 148 Å². The van der Waals surface area contributed by atoms with Crippen molar-refractivity contribution < 1.29 is 0 Å². The van der Waals surface area contributed by atoms with Gasteiger partial charge >= 0.3 is 0 Å². The Bertz CT molecular complexity index is 369. The minimum atomic E-state index is 0.809. The smallest absolute Gasteiger partial charge is 0.00891 e. The van der Waals surface area contributed by atoms with Crippen molar-refractivity contribution in [3.63, 3.8) is 0 Å². The molecule has 0 radical (unpaired) electrons. The van der Waals surface area contributed by atoms with Crippen LogP contribution in [0.4, 0.5) is 0 Å². The number of hydrogen-bond donors (Lipinski definition) is 0. The van der Waals surface area contributed by atoms with Crippen molar-refractivity contribution >= 4 is 0 Å². The summed E-state index contributed by atoms with van der Waals surface area (Å²) in [6, 6.07) is 0.809. The van der Waals surface area contributed by atoms with Gasteiger partial charge in [-0.3, -0.25) is 0 Å². The summed E-state index contributed by atoms with van der Waals surface area (Å²) < 4.78 is 0. The lowest BCUT2D eigenvalue weighted by Gasteiger charge is -2.24. The van der Waals surface area contributed by atoms with E-state index in [2.05, 4.69) is 57.1 Å². The first-order valence-electron chi connectivity index (χ1n) is 13.7. The molecule has 0 aliphatic rings. The van der Waals surface area contributed by atoms with Gasteiger partial charge in [-0.1, -0.05) is 128 Å². The van der Waals surface area contributed by atoms with Crippen LogP contribution in [0.3, 0.4) is 0 Å². The molecule has 0 heterocycles. The third-order valence-electron chi connectivity index (χ3n) is 6.34. The number of unbranched alkanes of at least 4 members (excludes halogenated alkanes) is 14. The normalized spacial score (nSPS) is 13.2. The Labute approximate surface area is 191 Å². The van der Waals surface area contributed by atoms with E-state index in [0.717, 1.165) is 12.5 Å². The Morgan fingerprint density at radius 3 is 1.47 bits per heavy atom. The summed E-state index contributed by atoms with van der Waals surface area (Å²) in [5, 5.41) is 0. The molecule has 1 unspecified atom stereocenters. The minimum Gasteiger partial charge on any atom is -0.306 e. The summed E-state index contributed by atoms with van der Waals surface area (Å²) in [6.07, 6.45) is 37.0. The monoisotopic (exact) mass is 419 g/mol. The maximum atomic E-state index is 2.48. The van der Waals surface area contributed by atoms with Gasteiger partial charge in [-0.2, -0.15) is 0 Å². The van der Waals surface area contributed by atoms with E-state index in [4.69, 9.17) is 0 Å². The molecule has 0 bridgehead atoms. The molecule has 0 aromatic carbocycles. The fraction of sp³-hybridized carbons (Fsp3) is 0.862. The fourth-order valence-electron chi connectivity index (χ4n) is 4.20. The zero-order chi connectivity index (χ0) is 22.1. The predicted octanol–water partition coefficient (Wildman–Crippen LogP) is 9.87. The standard InChI is InChI=1S/C29H57N/c1-5-7-9-11-13-14-15-16-17-18-19-20-22-24-26-28-29(30(3)4)27-25-23-21-12-10-8-6-2/h9,11,14-15,29H,5-8,10,12-13,16-28H2,1-4H3. The maximum absolute atomic E-state index is 2.48. The molecule has 0 saturated heterocycles. The molecule has 0 spiro atoms. The molecule has 0 saturated carbocycles.